The van der Waals surface area contributed by atoms with Crippen LogP contribution in [0.3, 0.4) is 0 Å². The average Bonchev–Trinajstić information content (AvgIpc) is 2.03. The van der Waals surface area contributed by atoms with Crippen molar-refractivity contribution in [3.05, 3.63) is 17.5 Å². The fourth-order valence-corrected chi connectivity index (χ4v) is 1.25. The number of anilines is 1. The molecule has 0 saturated heterocycles. The van der Waals surface area contributed by atoms with Crippen LogP contribution in [0, 0.1) is 6.92 Å². The quantitative estimate of drug-likeness (QED) is 0.695. The van der Waals surface area contributed by atoms with Crippen LogP contribution in [0.5, 0.6) is 0 Å². The molecule has 0 saturated carbocycles. The standard InChI is InChI=1S/C10H17N3/c1-7(2)9-6-11-10(13(4)5)12-8(9)3/h6-7H,1-5H3. The van der Waals surface area contributed by atoms with Crippen molar-refractivity contribution in [3.63, 3.8) is 0 Å². The number of rotatable bonds is 2. The highest BCUT2D eigenvalue weighted by atomic mass is 15.2. The van der Waals surface area contributed by atoms with Crippen molar-refractivity contribution in [2.75, 3.05) is 19.0 Å². The van der Waals surface area contributed by atoms with E-state index in [9.17, 15) is 0 Å². The maximum Gasteiger partial charge on any atom is 0.224 e. The highest BCUT2D eigenvalue weighted by molar-refractivity contribution is 5.31. The maximum absolute atomic E-state index is 4.41. The summed E-state index contributed by atoms with van der Waals surface area (Å²) in [6, 6.07) is 0. The molecule has 1 aromatic heterocycles. The monoisotopic (exact) mass is 179 g/mol. The molecule has 0 fully saturated rings. The van der Waals surface area contributed by atoms with E-state index in [4.69, 9.17) is 0 Å². The van der Waals surface area contributed by atoms with Gasteiger partial charge in [0.05, 0.1) is 0 Å². The first-order valence-electron chi connectivity index (χ1n) is 4.53. The lowest BCUT2D eigenvalue weighted by molar-refractivity contribution is 0.822. The van der Waals surface area contributed by atoms with Gasteiger partial charge in [0, 0.05) is 26.0 Å². The summed E-state index contributed by atoms with van der Waals surface area (Å²) < 4.78 is 0. The molecule has 0 aromatic carbocycles. The van der Waals surface area contributed by atoms with E-state index >= 15 is 0 Å². The third-order valence-electron chi connectivity index (χ3n) is 2.03. The van der Waals surface area contributed by atoms with Gasteiger partial charge in [0.2, 0.25) is 5.95 Å². The van der Waals surface area contributed by atoms with E-state index in [-0.39, 0.29) is 0 Å². The summed E-state index contributed by atoms with van der Waals surface area (Å²) in [6.45, 7) is 6.34. The predicted octanol–water partition coefficient (Wildman–Crippen LogP) is 1.97. The van der Waals surface area contributed by atoms with Crippen LogP contribution in [-0.4, -0.2) is 24.1 Å². The minimum absolute atomic E-state index is 0.496. The lowest BCUT2D eigenvalue weighted by Gasteiger charge is -2.13. The van der Waals surface area contributed by atoms with Gasteiger partial charge < -0.3 is 4.90 Å². The molecule has 0 amide bonds. The Bertz CT molecular complexity index is 292. The van der Waals surface area contributed by atoms with Crippen LogP contribution in [0.25, 0.3) is 0 Å². The van der Waals surface area contributed by atoms with Crippen LogP contribution in [0.15, 0.2) is 6.20 Å². The third-order valence-corrected chi connectivity index (χ3v) is 2.03. The second kappa shape index (κ2) is 3.73. The topological polar surface area (TPSA) is 29.0 Å². The zero-order valence-corrected chi connectivity index (χ0v) is 9.00. The molecule has 3 nitrogen and oxygen atoms in total. The average molecular weight is 179 g/mol. The summed E-state index contributed by atoms with van der Waals surface area (Å²) in [6.07, 6.45) is 1.92. The summed E-state index contributed by atoms with van der Waals surface area (Å²) in [5.74, 6) is 1.28. The van der Waals surface area contributed by atoms with Crippen molar-refractivity contribution in [3.8, 4) is 0 Å². The lowest BCUT2D eigenvalue weighted by atomic mass is 10.0. The van der Waals surface area contributed by atoms with Gasteiger partial charge in [-0.3, -0.25) is 0 Å². The number of nitrogens with zero attached hydrogens (tertiary/aromatic N) is 3. The van der Waals surface area contributed by atoms with Gasteiger partial charge in [-0.1, -0.05) is 13.8 Å². The van der Waals surface area contributed by atoms with Crippen LogP contribution in [0.4, 0.5) is 5.95 Å². The van der Waals surface area contributed by atoms with Gasteiger partial charge in [0.25, 0.3) is 0 Å². The first kappa shape index (κ1) is 9.96. The highest BCUT2D eigenvalue weighted by Crippen LogP contribution is 2.17. The van der Waals surface area contributed by atoms with Crippen molar-refractivity contribution >= 4 is 5.95 Å². The molecule has 0 aliphatic rings. The summed E-state index contributed by atoms with van der Waals surface area (Å²) in [4.78, 5) is 10.6. The van der Waals surface area contributed by atoms with Gasteiger partial charge in [-0.2, -0.15) is 0 Å². The Morgan fingerprint density at radius 1 is 1.31 bits per heavy atom. The minimum Gasteiger partial charge on any atom is -0.347 e. The SMILES string of the molecule is Cc1nc(N(C)C)ncc1C(C)C. The Kier molecular flexibility index (Phi) is 2.86. The van der Waals surface area contributed by atoms with Crippen LogP contribution < -0.4 is 4.90 Å². The van der Waals surface area contributed by atoms with Gasteiger partial charge in [-0.05, 0) is 18.4 Å². The smallest absolute Gasteiger partial charge is 0.224 e. The lowest BCUT2D eigenvalue weighted by Crippen LogP contribution is -2.14. The first-order valence-corrected chi connectivity index (χ1v) is 4.53. The molecule has 72 valence electrons. The van der Waals surface area contributed by atoms with E-state index in [0.29, 0.717) is 5.92 Å². The van der Waals surface area contributed by atoms with Crippen LogP contribution in [0.2, 0.25) is 0 Å². The fourth-order valence-electron chi connectivity index (χ4n) is 1.25. The van der Waals surface area contributed by atoms with Crippen molar-refractivity contribution in [2.24, 2.45) is 0 Å². The van der Waals surface area contributed by atoms with E-state index < -0.39 is 0 Å². The molecule has 0 aliphatic carbocycles. The summed E-state index contributed by atoms with van der Waals surface area (Å²) in [5.41, 5.74) is 2.30. The second-order valence-corrected chi connectivity index (χ2v) is 3.76. The molecule has 0 unspecified atom stereocenters. The molecule has 0 aliphatic heterocycles. The van der Waals surface area contributed by atoms with E-state index in [1.807, 2.05) is 32.1 Å². The Morgan fingerprint density at radius 3 is 2.31 bits per heavy atom. The second-order valence-electron chi connectivity index (χ2n) is 3.76. The number of aromatic nitrogens is 2. The molecule has 0 spiro atoms. The summed E-state index contributed by atoms with van der Waals surface area (Å²) in [7, 11) is 3.90. The van der Waals surface area contributed by atoms with Crippen molar-refractivity contribution in [1.82, 2.24) is 9.97 Å². The molecule has 0 atom stereocenters. The number of aryl methyl sites for hydroxylation is 1. The zero-order chi connectivity index (χ0) is 10.0. The Hall–Kier alpha value is -1.12. The molecule has 0 radical (unpaired) electrons. The summed E-state index contributed by atoms with van der Waals surface area (Å²) in [5, 5.41) is 0. The van der Waals surface area contributed by atoms with Gasteiger partial charge in [0.15, 0.2) is 0 Å². The normalized spacial score (nSPS) is 10.6. The van der Waals surface area contributed by atoms with Crippen LogP contribution >= 0.6 is 0 Å². The van der Waals surface area contributed by atoms with Crippen molar-refractivity contribution in [2.45, 2.75) is 26.7 Å². The van der Waals surface area contributed by atoms with E-state index in [0.717, 1.165) is 11.6 Å². The molecule has 0 bridgehead atoms. The molecular weight excluding hydrogens is 162 g/mol. The number of hydrogen-bond donors (Lipinski definition) is 0. The molecule has 1 aromatic rings. The van der Waals surface area contributed by atoms with E-state index in [1.54, 1.807) is 0 Å². The van der Waals surface area contributed by atoms with E-state index in [2.05, 4.69) is 23.8 Å². The van der Waals surface area contributed by atoms with Crippen LogP contribution in [-0.2, 0) is 0 Å². The summed E-state index contributed by atoms with van der Waals surface area (Å²) >= 11 is 0. The van der Waals surface area contributed by atoms with Gasteiger partial charge >= 0.3 is 0 Å². The molecule has 1 heterocycles. The van der Waals surface area contributed by atoms with Gasteiger partial charge in [-0.25, -0.2) is 9.97 Å². The van der Waals surface area contributed by atoms with E-state index in [1.165, 1.54) is 5.56 Å². The Balaban J connectivity index is 3.06. The highest BCUT2D eigenvalue weighted by Gasteiger charge is 2.07. The first-order chi connectivity index (χ1) is 6.02. The van der Waals surface area contributed by atoms with Crippen LogP contribution in [0.1, 0.15) is 31.0 Å². The molecule has 3 heteroatoms. The molecule has 13 heavy (non-hydrogen) atoms. The Morgan fingerprint density at radius 2 is 1.92 bits per heavy atom. The van der Waals surface area contributed by atoms with Gasteiger partial charge in [0.1, 0.15) is 0 Å². The fraction of sp³-hybridized carbons (Fsp3) is 0.600. The minimum atomic E-state index is 0.496. The third kappa shape index (κ3) is 2.17. The molecule has 1 rings (SSSR count). The van der Waals surface area contributed by atoms with Crippen molar-refractivity contribution in [1.29, 1.82) is 0 Å². The maximum atomic E-state index is 4.41. The largest absolute Gasteiger partial charge is 0.347 e. The predicted molar refractivity (Wildman–Crippen MR) is 55.2 cm³/mol. The zero-order valence-electron chi connectivity index (χ0n) is 9.00. The molecular formula is C10H17N3. The molecule has 0 N–H and O–H groups in total. The van der Waals surface area contributed by atoms with Gasteiger partial charge in [-0.15, -0.1) is 0 Å². The Labute approximate surface area is 79.8 Å². The number of hydrogen-bond acceptors (Lipinski definition) is 3. The van der Waals surface area contributed by atoms with Crippen molar-refractivity contribution < 1.29 is 0 Å².